The quantitative estimate of drug-likeness (QED) is 0.747. The van der Waals surface area contributed by atoms with Gasteiger partial charge in [0.25, 0.3) is 0 Å². The topological polar surface area (TPSA) is 60.0 Å². The summed E-state index contributed by atoms with van der Waals surface area (Å²) in [5.74, 6) is -0.276. The predicted octanol–water partition coefficient (Wildman–Crippen LogP) is 3.00. The lowest BCUT2D eigenvalue weighted by Crippen LogP contribution is -2.36. The van der Waals surface area contributed by atoms with E-state index < -0.39 is 5.79 Å². The maximum atomic E-state index is 13.5. The number of hydrogen-bond acceptors (Lipinski definition) is 4. The van der Waals surface area contributed by atoms with E-state index >= 15 is 0 Å². The zero-order valence-electron chi connectivity index (χ0n) is 13.0. The number of aromatic nitrogens is 3. The van der Waals surface area contributed by atoms with Crippen LogP contribution in [0.15, 0.2) is 30.5 Å². The van der Waals surface area contributed by atoms with E-state index in [-0.39, 0.29) is 5.82 Å². The number of H-pyrrole nitrogens is 1. The number of fused-ring (bicyclic) bond motifs is 3. The average molecular weight is 325 g/mol. The number of rotatable bonds is 1. The molecule has 24 heavy (non-hydrogen) atoms. The molecule has 1 spiro atoms. The number of ether oxygens (including phenoxy) is 2. The lowest BCUT2D eigenvalue weighted by molar-refractivity contribution is -0.163. The molecule has 3 aromatic rings. The van der Waals surface area contributed by atoms with Gasteiger partial charge in [0, 0.05) is 29.7 Å². The molecule has 1 N–H and O–H groups in total. The van der Waals surface area contributed by atoms with E-state index in [0.29, 0.717) is 31.0 Å². The van der Waals surface area contributed by atoms with Gasteiger partial charge in [0.1, 0.15) is 5.82 Å². The Labute approximate surface area is 137 Å². The summed E-state index contributed by atoms with van der Waals surface area (Å²) in [6.45, 7) is 1.28. The highest BCUT2D eigenvalue weighted by atomic mass is 19.1. The molecule has 2 aliphatic rings. The van der Waals surface area contributed by atoms with Gasteiger partial charge in [0.2, 0.25) is 0 Å². The van der Waals surface area contributed by atoms with Crippen LogP contribution in [-0.2, 0) is 22.3 Å². The van der Waals surface area contributed by atoms with Gasteiger partial charge in [-0.05, 0) is 18.6 Å². The molecule has 1 saturated heterocycles. The summed E-state index contributed by atoms with van der Waals surface area (Å²) in [6.07, 6.45) is 4.16. The molecule has 0 unspecified atom stereocenters. The molecule has 1 fully saturated rings. The van der Waals surface area contributed by atoms with Crippen LogP contribution in [0.2, 0.25) is 0 Å². The monoisotopic (exact) mass is 325 g/mol. The smallest absolute Gasteiger partial charge is 0.173 e. The van der Waals surface area contributed by atoms with E-state index in [2.05, 4.69) is 9.97 Å². The van der Waals surface area contributed by atoms with E-state index in [4.69, 9.17) is 14.5 Å². The fourth-order valence-corrected chi connectivity index (χ4v) is 3.67. The Balaban J connectivity index is 1.62. The molecule has 122 valence electrons. The Hall–Kier alpha value is -2.31. The van der Waals surface area contributed by atoms with Crippen LogP contribution >= 0.6 is 0 Å². The normalized spacial score (nSPS) is 19.0. The molecule has 5 nitrogen and oxygen atoms in total. The van der Waals surface area contributed by atoms with Gasteiger partial charge in [-0.1, -0.05) is 12.1 Å². The van der Waals surface area contributed by atoms with E-state index in [1.165, 1.54) is 17.8 Å². The van der Waals surface area contributed by atoms with Crippen molar-refractivity contribution in [2.75, 3.05) is 13.2 Å². The minimum atomic E-state index is -0.508. The zero-order chi connectivity index (χ0) is 16.1. The number of benzene rings is 1. The Morgan fingerprint density at radius 3 is 2.92 bits per heavy atom. The first-order valence-electron chi connectivity index (χ1n) is 8.13. The predicted molar refractivity (Wildman–Crippen MR) is 85.9 cm³/mol. The van der Waals surface area contributed by atoms with Crippen molar-refractivity contribution in [3.8, 4) is 11.4 Å². The van der Waals surface area contributed by atoms with Crippen LogP contribution in [0, 0.1) is 5.82 Å². The van der Waals surface area contributed by atoms with Crippen LogP contribution in [0.3, 0.4) is 0 Å². The number of halogens is 1. The van der Waals surface area contributed by atoms with E-state index in [1.54, 1.807) is 12.3 Å². The van der Waals surface area contributed by atoms with Gasteiger partial charge in [-0.2, -0.15) is 0 Å². The van der Waals surface area contributed by atoms with Crippen LogP contribution in [0.25, 0.3) is 22.4 Å². The first-order valence-corrected chi connectivity index (χ1v) is 8.13. The molecule has 0 saturated carbocycles. The number of nitrogens with one attached hydrogen (secondary N) is 1. The summed E-state index contributed by atoms with van der Waals surface area (Å²) in [5, 5.41) is 0. The summed E-state index contributed by atoms with van der Waals surface area (Å²) < 4.78 is 25.2. The highest BCUT2D eigenvalue weighted by molar-refractivity contribution is 5.82. The average Bonchev–Trinajstić information content (AvgIpc) is 3.19. The zero-order valence-corrected chi connectivity index (χ0v) is 13.0. The molecule has 0 amide bonds. The molecule has 1 aliphatic heterocycles. The molecule has 0 bridgehead atoms. The van der Waals surface area contributed by atoms with Crippen molar-refractivity contribution in [2.24, 2.45) is 0 Å². The molecule has 5 rings (SSSR count). The van der Waals surface area contributed by atoms with Gasteiger partial charge in [-0.3, -0.25) is 0 Å². The lowest BCUT2D eigenvalue weighted by Gasteiger charge is -2.31. The largest absolute Gasteiger partial charge is 0.356 e. The van der Waals surface area contributed by atoms with Gasteiger partial charge in [-0.25, -0.2) is 14.4 Å². The van der Waals surface area contributed by atoms with Crippen LogP contribution in [-0.4, -0.2) is 34.0 Å². The number of aromatic amines is 1. The molecule has 1 aliphatic carbocycles. The van der Waals surface area contributed by atoms with Crippen molar-refractivity contribution in [3.05, 3.63) is 47.5 Å². The minimum absolute atomic E-state index is 0.293. The first kappa shape index (κ1) is 14.1. The third-order valence-electron chi connectivity index (χ3n) is 4.82. The van der Waals surface area contributed by atoms with Crippen molar-refractivity contribution in [1.29, 1.82) is 0 Å². The molecular formula is C18H16FN3O2. The third-order valence-corrected chi connectivity index (χ3v) is 4.82. The Bertz CT molecular complexity index is 931. The standard InChI is InChI=1S/C18H16FN3O2/c19-12-3-1-2-11(8-12)17-20-10-15-16(22-17)13-9-18(23-6-7-24-18)5-4-14(13)21-15/h1-3,8,10,21H,4-7,9H2. The van der Waals surface area contributed by atoms with Crippen LogP contribution in [0.1, 0.15) is 17.7 Å². The summed E-state index contributed by atoms with van der Waals surface area (Å²) in [7, 11) is 0. The van der Waals surface area contributed by atoms with Crippen molar-refractivity contribution in [2.45, 2.75) is 25.0 Å². The number of aryl methyl sites for hydroxylation is 1. The lowest BCUT2D eigenvalue weighted by atomic mass is 9.91. The van der Waals surface area contributed by atoms with E-state index in [1.807, 2.05) is 6.07 Å². The SMILES string of the molecule is Fc1cccc(-c2ncc3[nH]c4c(c3n2)CC2(CC4)OCCO2)c1. The second-order valence-corrected chi connectivity index (χ2v) is 6.33. The van der Waals surface area contributed by atoms with E-state index in [9.17, 15) is 4.39 Å². The highest BCUT2D eigenvalue weighted by Crippen LogP contribution is 2.38. The third kappa shape index (κ3) is 2.14. The summed E-state index contributed by atoms with van der Waals surface area (Å²) in [6, 6.07) is 6.34. The van der Waals surface area contributed by atoms with Gasteiger partial charge in [0.05, 0.1) is 30.4 Å². The van der Waals surface area contributed by atoms with E-state index in [0.717, 1.165) is 29.4 Å². The molecule has 0 radical (unpaired) electrons. The second-order valence-electron chi connectivity index (χ2n) is 6.33. The summed E-state index contributed by atoms with van der Waals surface area (Å²) in [5.41, 5.74) is 4.73. The highest BCUT2D eigenvalue weighted by Gasteiger charge is 2.41. The fraction of sp³-hybridized carbons (Fsp3) is 0.333. The Morgan fingerprint density at radius 2 is 2.08 bits per heavy atom. The maximum Gasteiger partial charge on any atom is 0.173 e. The summed E-state index contributed by atoms with van der Waals surface area (Å²) in [4.78, 5) is 12.5. The van der Waals surface area contributed by atoms with Gasteiger partial charge in [-0.15, -0.1) is 0 Å². The Kier molecular flexibility index (Phi) is 2.98. The molecule has 3 heterocycles. The fourth-order valence-electron chi connectivity index (χ4n) is 3.67. The van der Waals surface area contributed by atoms with Crippen molar-refractivity contribution >= 4 is 11.0 Å². The van der Waals surface area contributed by atoms with Gasteiger partial charge in [0.15, 0.2) is 11.6 Å². The molecule has 2 aromatic heterocycles. The van der Waals surface area contributed by atoms with Crippen LogP contribution < -0.4 is 0 Å². The minimum Gasteiger partial charge on any atom is -0.356 e. The Morgan fingerprint density at radius 1 is 1.21 bits per heavy atom. The molecule has 6 heteroatoms. The maximum absolute atomic E-state index is 13.5. The van der Waals surface area contributed by atoms with Crippen LogP contribution in [0.4, 0.5) is 4.39 Å². The molecule has 1 aromatic carbocycles. The second kappa shape index (κ2) is 5.09. The van der Waals surface area contributed by atoms with Gasteiger partial charge < -0.3 is 14.5 Å². The van der Waals surface area contributed by atoms with Crippen molar-refractivity contribution < 1.29 is 13.9 Å². The van der Waals surface area contributed by atoms with Crippen molar-refractivity contribution in [3.63, 3.8) is 0 Å². The van der Waals surface area contributed by atoms with Gasteiger partial charge >= 0.3 is 0 Å². The van der Waals surface area contributed by atoms with Crippen molar-refractivity contribution in [1.82, 2.24) is 15.0 Å². The first-order chi connectivity index (χ1) is 11.7. The molecular weight excluding hydrogens is 309 g/mol. The number of hydrogen-bond donors (Lipinski definition) is 1. The summed E-state index contributed by atoms with van der Waals surface area (Å²) >= 11 is 0. The van der Waals surface area contributed by atoms with Crippen LogP contribution in [0.5, 0.6) is 0 Å². The number of nitrogens with zero attached hydrogens (tertiary/aromatic N) is 2. The molecule has 0 atom stereocenters.